The van der Waals surface area contributed by atoms with Gasteiger partial charge >= 0.3 is 0 Å². The number of aryl methyl sites for hydroxylation is 1. The Balaban J connectivity index is 1.57. The van der Waals surface area contributed by atoms with Crippen LogP contribution < -0.4 is 5.32 Å². The van der Waals surface area contributed by atoms with Crippen LogP contribution in [0, 0.1) is 6.92 Å². The molecule has 3 rings (SSSR count). The number of hydrogen-bond donors (Lipinski definition) is 1. The lowest BCUT2D eigenvalue weighted by Crippen LogP contribution is -2.50. The van der Waals surface area contributed by atoms with Crippen LogP contribution in [0.4, 0.5) is 5.88 Å². The maximum atomic E-state index is 12.1. The van der Waals surface area contributed by atoms with Gasteiger partial charge in [-0.25, -0.2) is 0 Å². The monoisotopic (exact) mass is 295 g/mol. The van der Waals surface area contributed by atoms with Crippen LogP contribution in [0.15, 0.2) is 10.6 Å². The standard InChI is InChI=1S/C14H21N3O4/c1-10-8-13(21-16-10)15-12(18)9-17-5-3-2-4-11(17)14-19-6-7-20-14/h8,11,14H,2-7,9H2,1H3,(H,15,18)/t11-/m1/s1. The number of hydrogen-bond acceptors (Lipinski definition) is 6. The summed E-state index contributed by atoms with van der Waals surface area (Å²) >= 11 is 0. The normalized spacial score (nSPS) is 24.3. The molecule has 2 fully saturated rings. The van der Waals surface area contributed by atoms with Crippen LogP contribution in [0.5, 0.6) is 0 Å². The highest BCUT2D eigenvalue weighted by Crippen LogP contribution is 2.24. The van der Waals surface area contributed by atoms with Crippen LogP contribution >= 0.6 is 0 Å². The summed E-state index contributed by atoms with van der Waals surface area (Å²) in [6, 6.07) is 1.86. The number of piperidine rings is 1. The molecule has 0 aliphatic carbocycles. The fourth-order valence-electron chi connectivity index (χ4n) is 2.90. The molecule has 0 aromatic carbocycles. The van der Waals surface area contributed by atoms with Crippen molar-refractivity contribution in [1.82, 2.24) is 10.1 Å². The molecule has 3 heterocycles. The van der Waals surface area contributed by atoms with Crippen molar-refractivity contribution in [2.24, 2.45) is 0 Å². The van der Waals surface area contributed by atoms with Gasteiger partial charge in [-0.1, -0.05) is 11.6 Å². The number of amides is 1. The molecule has 116 valence electrons. The number of nitrogens with one attached hydrogen (secondary N) is 1. The number of likely N-dealkylation sites (tertiary alicyclic amines) is 1. The summed E-state index contributed by atoms with van der Waals surface area (Å²) < 4.78 is 16.2. The van der Waals surface area contributed by atoms with Gasteiger partial charge in [0.05, 0.1) is 31.5 Å². The third kappa shape index (κ3) is 3.61. The predicted molar refractivity (Wildman–Crippen MR) is 74.8 cm³/mol. The summed E-state index contributed by atoms with van der Waals surface area (Å²) in [5, 5.41) is 6.48. The van der Waals surface area contributed by atoms with E-state index in [-0.39, 0.29) is 18.2 Å². The second-order valence-electron chi connectivity index (χ2n) is 5.52. The quantitative estimate of drug-likeness (QED) is 0.898. The lowest BCUT2D eigenvalue weighted by atomic mass is 10.0. The highest BCUT2D eigenvalue weighted by molar-refractivity contribution is 5.91. The van der Waals surface area contributed by atoms with E-state index in [9.17, 15) is 4.79 Å². The first-order chi connectivity index (χ1) is 10.2. The predicted octanol–water partition coefficient (Wildman–Crippen LogP) is 1.15. The summed E-state index contributed by atoms with van der Waals surface area (Å²) in [6.07, 6.45) is 3.04. The van der Waals surface area contributed by atoms with Crippen molar-refractivity contribution in [2.75, 3.05) is 31.6 Å². The molecule has 21 heavy (non-hydrogen) atoms. The summed E-state index contributed by atoms with van der Waals surface area (Å²) in [7, 11) is 0. The smallest absolute Gasteiger partial charge is 0.240 e. The zero-order chi connectivity index (χ0) is 14.7. The third-order valence-electron chi connectivity index (χ3n) is 3.86. The molecule has 1 amide bonds. The van der Waals surface area contributed by atoms with E-state index < -0.39 is 0 Å². The Kier molecular flexibility index (Phi) is 4.52. The molecule has 0 radical (unpaired) electrons. The second-order valence-corrected chi connectivity index (χ2v) is 5.52. The Morgan fingerprint density at radius 1 is 1.43 bits per heavy atom. The maximum Gasteiger partial charge on any atom is 0.240 e. The summed E-state index contributed by atoms with van der Waals surface area (Å²) in [6.45, 7) is 4.29. The first-order valence-electron chi connectivity index (χ1n) is 7.43. The Morgan fingerprint density at radius 3 is 2.95 bits per heavy atom. The van der Waals surface area contributed by atoms with Gasteiger partial charge in [-0.2, -0.15) is 0 Å². The van der Waals surface area contributed by atoms with E-state index in [0.29, 0.717) is 25.6 Å². The van der Waals surface area contributed by atoms with Crippen molar-refractivity contribution in [2.45, 2.75) is 38.5 Å². The van der Waals surface area contributed by atoms with Crippen molar-refractivity contribution in [3.63, 3.8) is 0 Å². The van der Waals surface area contributed by atoms with E-state index in [4.69, 9.17) is 14.0 Å². The zero-order valence-electron chi connectivity index (χ0n) is 12.2. The molecule has 1 atom stereocenters. The third-order valence-corrected chi connectivity index (χ3v) is 3.86. The first-order valence-corrected chi connectivity index (χ1v) is 7.43. The average molecular weight is 295 g/mol. The van der Waals surface area contributed by atoms with Gasteiger partial charge < -0.3 is 14.0 Å². The van der Waals surface area contributed by atoms with Gasteiger partial charge in [0.2, 0.25) is 11.8 Å². The molecule has 0 spiro atoms. The van der Waals surface area contributed by atoms with Crippen LogP contribution in [0.25, 0.3) is 0 Å². The number of ether oxygens (including phenoxy) is 2. The Morgan fingerprint density at radius 2 is 2.24 bits per heavy atom. The van der Waals surface area contributed by atoms with Gasteiger partial charge in [-0.05, 0) is 26.3 Å². The van der Waals surface area contributed by atoms with E-state index in [2.05, 4.69) is 15.4 Å². The van der Waals surface area contributed by atoms with E-state index in [1.54, 1.807) is 6.07 Å². The topological polar surface area (TPSA) is 76.8 Å². The molecule has 1 aromatic rings. The number of nitrogens with zero attached hydrogens (tertiary/aromatic N) is 2. The molecule has 0 saturated carbocycles. The van der Waals surface area contributed by atoms with Crippen LogP contribution in [-0.2, 0) is 14.3 Å². The molecule has 7 heteroatoms. The van der Waals surface area contributed by atoms with E-state index in [0.717, 1.165) is 31.5 Å². The van der Waals surface area contributed by atoms with Gasteiger partial charge in [-0.15, -0.1) is 0 Å². The summed E-state index contributed by atoms with van der Waals surface area (Å²) in [5.74, 6) is 0.287. The first kappa shape index (κ1) is 14.5. The molecule has 1 N–H and O–H groups in total. The largest absolute Gasteiger partial charge is 0.349 e. The lowest BCUT2D eigenvalue weighted by Gasteiger charge is -2.37. The number of carbonyl (C=O) groups is 1. The molecule has 2 aliphatic heterocycles. The van der Waals surface area contributed by atoms with Crippen molar-refractivity contribution in [1.29, 1.82) is 0 Å². The zero-order valence-corrected chi connectivity index (χ0v) is 12.2. The average Bonchev–Trinajstić information content (AvgIpc) is 3.11. The highest BCUT2D eigenvalue weighted by atomic mass is 16.7. The van der Waals surface area contributed by atoms with Crippen LogP contribution in [-0.4, -0.2) is 54.6 Å². The fourth-order valence-corrected chi connectivity index (χ4v) is 2.90. The van der Waals surface area contributed by atoms with Gasteiger partial charge in [0.15, 0.2) is 6.29 Å². The fraction of sp³-hybridized carbons (Fsp3) is 0.714. The summed E-state index contributed by atoms with van der Waals surface area (Å²) in [5.41, 5.74) is 0.744. The molecule has 2 saturated heterocycles. The van der Waals surface area contributed by atoms with Crippen molar-refractivity contribution < 1.29 is 18.8 Å². The lowest BCUT2D eigenvalue weighted by molar-refractivity contribution is -0.127. The van der Waals surface area contributed by atoms with E-state index in [1.807, 2.05) is 6.92 Å². The summed E-state index contributed by atoms with van der Waals surface area (Å²) in [4.78, 5) is 14.3. The number of aromatic nitrogens is 1. The molecule has 2 aliphatic rings. The number of carbonyl (C=O) groups excluding carboxylic acids is 1. The van der Waals surface area contributed by atoms with Crippen LogP contribution in [0.1, 0.15) is 25.0 Å². The van der Waals surface area contributed by atoms with Gasteiger partial charge in [0, 0.05) is 6.07 Å². The Hall–Kier alpha value is -1.44. The van der Waals surface area contributed by atoms with Crippen LogP contribution in [0.2, 0.25) is 0 Å². The minimum Gasteiger partial charge on any atom is -0.349 e. The minimum absolute atomic E-state index is 0.101. The SMILES string of the molecule is Cc1cc(NC(=O)CN2CCCC[C@@H]2C2OCCO2)on1. The molecule has 0 bridgehead atoms. The van der Waals surface area contributed by atoms with Gasteiger partial charge in [0.1, 0.15) is 0 Å². The number of rotatable bonds is 4. The van der Waals surface area contributed by atoms with Crippen molar-refractivity contribution in [3.05, 3.63) is 11.8 Å². The molecule has 0 unspecified atom stereocenters. The Labute approximate surface area is 123 Å². The molecule has 1 aromatic heterocycles. The minimum atomic E-state index is -0.203. The van der Waals surface area contributed by atoms with Gasteiger partial charge in [-0.3, -0.25) is 15.0 Å². The van der Waals surface area contributed by atoms with E-state index >= 15 is 0 Å². The maximum absolute atomic E-state index is 12.1. The van der Waals surface area contributed by atoms with Gasteiger partial charge in [0.25, 0.3) is 0 Å². The van der Waals surface area contributed by atoms with E-state index in [1.165, 1.54) is 0 Å². The van der Waals surface area contributed by atoms with Crippen LogP contribution in [0.3, 0.4) is 0 Å². The second kappa shape index (κ2) is 6.55. The highest BCUT2D eigenvalue weighted by Gasteiger charge is 2.34. The Bertz CT molecular complexity index is 484. The molecular formula is C14H21N3O4. The molecular weight excluding hydrogens is 274 g/mol. The molecule has 7 nitrogen and oxygen atoms in total. The van der Waals surface area contributed by atoms with Crippen molar-refractivity contribution >= 4 is 11.8 Å². The van der Waals surface area contributed by atoms with Crippen molar-refractivity contribution in [3.8, 4) is 0 Å². The number of anilines is 1.